The molecule has 0 saturated carbocycles. The maximum absolute atomic E-state index is 12.5. The van der Waals surface area contributed by atoms with Crippen LogP contribution in [0.1, 0.15) is 25.7 Å². The average Bonchev–Trinajstić information content (AvgIpc) is 2.81. The van der Waals surface area contributed by atoms with Crippen molar-refractivity contribution in [2.45, 2.75) is 17.6 Å². The zero-order chi connectivity index (χ0) is 15.6. The first-order valence-corrected chi connectivity index (χ1v) is 8.43. The number of aromatic carboxylic acids is 1. The van der Waals surface area contributed by atoms with Gasteiger partial charge in [0.25, 0.3) is 0 Å². The topological polar surface area (TPSA) is 71.4 Å². The Hall–Kier alpha value is -2.10. The van der Waals surface area contributed by atoms with E-state index in [1.165, 1.54) is 12.1 Å². The summed E-state index contributed by atoms with van der Waals surface area (Å²) in [5.74, 6) is 0.793. The lowest BCUT2D eigenvalue weighted by Gasteiger charge is -2.07. The molecular formula is C15H12O4S2. The minimum atomic E-state index is -3.62. The van der Waals surface area contributed by atoms with Crippen LogP contribution in [0.15, 0.2) is 35.2 Å². The zero-order valence-electron chi connectivity index (χ0n) is 11.2. The molecule has 21 heavy (non-hydrogen) atoms. The molecule has 0 bridgehead atoms. The fourth-order valence-electron chi connectivity index (χ4n) is 1.98. The van der Waals surface area contributed by atoms with Gasteiger partial charge in [0.05, 0.1) is 15.5 Å². The third-order valence-electron chi connectivity index (χ3n) is 2.92. The number of hydrogen-bond donors (Lipinski definition) is 1. The molecule has 0 saturated heterocycles. The molecule has 0 radical (unpaired) electrons. The summed E-state index contributed by atoms with van der Waals surface area (Å²) in [6.45, 7) is 1.70. The molecule has 2 rings (SSSR count). The largest absolute Gasteiger partial charge is 0.477 e. The zero-order valence-corrected chi connectivity index (χ0v) is 12.8. The number of aryl methyl sites for hydroxylation is 1. The second-order valence-electron chi connectivity index (χ2n) is 4.44. The number of rotatable bonds is 4. The second-order valence-corrected chi connectivity index (χ2v) is 7.45. The van der Waals surface area contributed by atoms with Crippen molar-refractivity contribution in [3.05, 3.63) is 51.2 Å². The third kappa shape index (κ3) is 3.15. The lowest BCUT2D eigenvalue weighted by atomic mass is 10.2. The maximum Gasteiger partial charge on any atom is 0.346 e. The molecule has 1 N–H and O–H groups in total. The standard InChI is InChI=1S/C15H12O4S2/c1-3-12-8-11(14(20-12)15(16)17)9-21(18,19)13-7-5-4-6-10(13)2/h1,4-8H,9H2,2H3,(H,16,17). The van der Waals surface area contributed by atoms with Crippen LogP contribution in [0.2, 0.25) is 0 Å². The normalized spacial score (nSPS) is 11.0. The molecule has 4 nitrogen and oxygen atoms in total. The lowest BCUT2D eigenvalue weighted by molar-refractivity contribution is 0.0701. The highest BCUT2D eigenvalue weighted by atomic mass is 32.2. The Morgan fingerprint density at radius 1 is 1.38 bits per heavy atom. The van der Waals surface area contributed by atoms with Crippen LogP contribution >= 0.6 is 11.3 Å². The van der Waals surface area contributed by atoms with Gasteiger partial charge in [-0.15, -0.1) is 17.8 Å². The second kappa shape index (κ2) is 5.72. The van der Waals surface area contributed by atoms with Gasteiger partial charge in [-0.1, -0.05) is 24.1 Å². The summed E-state index contributed by atoms with van der Waals surface area (Å²) in [7, 11) is -3.62. The van der Waals surface area contributed by atoms with Crippen LogP contribution in [-0.4, -0.2) is 19.5 Å². The van der Waals surface area contributed by atoms with Gasteiger partial charge in [0.2, 0.25) is 0 Å². The number of carboxylic acids is 1. The van der Waals surface area contributed by atoms with Crippen LogP contribution in [0.3, 0.4) is 0 Å². The summed E-state index contributed by atoms with van der Waals surface area (Å²) < 4.78 is 24.9. The van der Waals surface area contributed by atoms with E-state index in [1.807, 2.05) is 0 Å². The van der Waals surface area contributed by atoms with E-state index in [0.29, 0.717) is 10.4 Å². The Morgan fingerprint density at radius 2 is 2.05 bits per heavy atom. The Kier molecular flexibility index (Phi) is 4.16. The highest BCUT2D eigenvalue weighted by molar-refractivity contribution is 7.90. The fraction of sp³-hybridized carbons (Fsp3) is 0.133. The Labute approximate surface area is 127 Å². The van der Waals surface area contributed by atoms with Gasteiger partial charge < -0.3 is 5.11 Å². The molecular weight excluding hydrogens is 308 g/mol. The molecule has 1 heterocycles. The van der Waals surface area contributed by atoms with Crippen LogP contribution in [0.5, 0.6) is 0 Å². The van der Waals surface area contributed by atoms with Gasteiger partial charge in [0.1, 0.15) is 4.88 Å². The SMILES string of the molecule is C#Cc1cc(CS(=O)(=O)c2ccccc2C)c(C(=O)O)s1. The van der Waals surface area contributed by atoms with Crippen molar-refractivity contribution in [1.82, 2.24) is 0 Å². The van der Waals surface area contributed by atoms with Crippen molar-refractivity contribution in [3.63, 3.8) is 0 Å². The molecule has 1 aromatic heterocycles. The Morgan fingerprint density at radius 3 is 2.62 bits per heavy atom. The van der Waals surface area contributed by atoms with E-state index >= 15 is 0 Å². The van der Waals surface area contributed by atoms with Crippen LogP contribution < -0.4 is 0 Å². The van der Waals surface area contributed by atoms with Crippen molar-refractivity contribution in [2.75, 3.05) is 0 Å². The van der Waals surface area contributed by atoms with Crippen LogP contribution in [0, 0.1) is 19.3 Å². The molecule has 108 valence electrons. The minimum Gasteiger partial charge on any atom is -0.477 e. The van der Waals surface area contributed by atoms with Crippen molar-refractivity contribution in [3.8, 4) is 12.3 Å². The first kappa shape index (κ1) is 15.3. The number of carboxylic acid groups (broad SMARTS) is 1. The Balaban J connectivity index is 2.47. The average molecular weight is 320 g/mol. The highest BCUT2D eigenvalue weighted by Gasteiger charge is 2.23. The number of hydrogen-bond acceptors (Lipinski definition) is 4. The maximum atomic E-state index is 12.5. The predicted octanol–water partition coefficient (Wildman–Crippen LogP) is 2.71. The van der Waals surface area contributed by atoms with Gasteiger partial charge in [-0.3, -0.25) is 0 Å². The van der Waals surface area contributed by atoms with Gasteiger partial charge in [-0.2, -0.15) is 0 Å². The smallest absolute Gasteiger partial charge is 0.346 e. The summed E-state index contributed by atoms with van der Waals surface area (Å²) in [4.78, 5) is 11.8. The van der Waals surface area contributed by atoms with Gasteiger partial charge in [0.15, 0.2) is 9.84 Å². The number of terminal acetylenes is 1. The molecule has 2 aromatic rings. The summed E-state index contributed by atoms with van der Waals surface area (Å²) in [5.41, 5.74) is 0.852. The van der Waals surface area contributed by atoms with E-state index in [-0.39, 0.29) is 21.1 Å². The van der Waals surface area contributed by atoms with Crippen LogP contribution in [0.25, 0.3) is 0 Å². The number of thiophene rings is 1. The van der Waals surface area contributed by atoms with Crippen molar-refractivity contribution < 1.29 is 18.3 Å². The van der Waals surface area contributed by atoms with Gasteiger partial charge in [0, 0.05) is 0 Å². The third-order valence-corrected chi connectivity index (χ3v) is 5.84. The monoisotopic (exact) mass is 320 g/mol. The summed E-state index contributed by atoms with van der Waals surface area (Å²) >= 11 is 0.908. The number of sulfone groups is 1. The predicted molar refractivity (Wildman–Crippen MR) is 81.3 cm³/mol. The summed E-state index contributed by atoms with van der Waals surface area (Å²) in [5, 5.41) is 9.14. The molecule has 1 aromatic carbocycles. The molecule has 0 unspecified atom stereocenters. The van der Waals surface area contributed by atoms with Crippen molar-refractivity contribution in [2.24, 2.45) is 0 Å². The Bertz CT molecular complexity index is 839. The van der Waals surface area contributed by atoms with Crippen LogP contribution in [0.4, 0.5) is 0 Å². The molecule has 0 fully saturated rings. The van der Waals surface area contributed by atoms with E-state index in [1.54, 1.807) is 25.1 Å². The van der Waals surface area contributed by atoms with E-state index < -0.39 is 15.8 Å². The molecule has 6 heteroatoms. The van der Waals surface area contributed by atoms with E-state index in [0.717, 1.165) is 11.3 Å². The molecule has 0 aliphatic heterocycles. The first-order chi connectivity index (χ1) is 9.85. The quantitative estimate of drug-likeness (QED) is 0.879. The van der Waals surface area contributed by atoms with Gasteiger partial charge >= 0.3 is 5.97 Å². The van der Waals surface area contributed by atoms with Crippen molar-refractivity contribution in [1.29, 1.82) is 0 Å². The molecule has 0 aliphatic carbocycles. The van der Waals surface area contributed by atoms with Gasteiger partial charge in [-0.05, 0) is 30.2 Å². The van der Waals surface area contributed by atoms with E-state index in [9.17, 15) is 13.2 Å². The molecule has 0 amide bonds. The molecule has 0 atom stereocenters. The number of carbonyl (C=O) groups is 1. The minimum absolute atomic E-state index is 0.0277. The summed E-state index contributed by atoms with van der Waals surface area (Å²) in [6, 6.07) is 8.05. The molecule has 0 aliphatic rings. The fourth-order valence-corrected chi connectivity index (χ4v) is 4.53. The number of benzene rings is 1. The van der Waals surface area contributed by atoms with Gasteiger partial charge in [-0.25, -0.2) is 13.2 Å². The van der Waals surface area contributed by atoms with E-state index in [2.05, 4.69) is 5.92 Å². The lowest BCUT2D eigenvalue weighted by Crippen LogP contribution is -2.08. The molecule has 0 spiro atoms. The first-order valence-electron chi connectivity index (χ1n) is 5.96. The highest BCUT2D eigenvalue weighted by Crippen LogP contribution is 2.27. The van der Waals surface area contributed by atoms with Crippen LogP contribution in [-0.2, 0) is 15.6 Å². The van der Waals surface area contributed by atoms with E-state index in [4.69, 9.17) is 11.5 Å². The van der Waals surface area contributed by atoms with Crippen molar-refractivity contribution >= 4 is 27.1 Å². The summed E-state index contributed by atoms with van der Waals surface area (Å²) in [6.07, 6.45) is 5.25.